The van der Waals surface area contributed by atoms with Crippen LogP contribution in [0.3, 0.4) is 0 Å². The number of benzene rings is 1. The number of nitrogens with zero attached hydrogens (tertiary/aromatic N) is 2. The highest BCUT2D eigenvalue weighted by Gasteiger charge is 2.25. The van der Waals surface area contributed by atoms with Crippen molar-refractivity contribution < 1.29 is 13.6 Å². The van der Waals surface area contributed by atoms with Crippen molar-refractivity contribution in [3.63, 3.8) is 0 Å². The summed E-state index contributed by atoms with van der Waals surface area (Å²) in [5.74, 6) is 0.0495. The van der Waals surface area contributed by atoms with Gasteiger partial charge in [-0.1, -0.05) is 11.6 Å². The average molecular weight is 331 g/mol. The fourth-order valence-electron chi connectivity index (χ4n) is 2.76. The van der Waals surface area contributed by atoms with E-state index in [4.69, 9.17) is 20.4 Å². The maximum atomic E-state index is 12.4. The molecule has 0 unspecified atom stereocenters. The van der Waals surface area contributed by atoms with Crippen LogP contribution in [0.25, 0.3) is 33.0 Å². The minimum atomic E-state index is -0.550. The Hall–Kier alpha value is -2.60. The molecule has 23 heavy (non-hydrogen) atoms. The molecule has 4 aromatic rings. The second-order valence-corrected chi connectivity index (χ2v) is 5.68. The summed E-state index contributed by atoms with van der Waals surface area (Å²) in [5, 5.41) is 13.0. The molecule has 0 radical (unpaired) electrons. The Kier molecular flexibility index (Phi) is 2.86. The molecular weight excluding hydrogens is 320 g/mol. The van der Waals surface area contributed by atoms with E-state index in [1.54, 1.807) is 13.0 Å². The first-order chi connectivity index (χ1) is 11.0. The largest absolute Gasteiger partial charge is 0.710 e. The molecule has 4 rings (SSSR count). The topological polar surface area (TPSA) is 83.2 Å². The van der Waals surface area contributed by atoms with Crippen LogP contribution in [0.5, 0.6) is 0 Å². The molecule has 0 bridgehead atoms. The zero-order chi connectivity index (χ0) is 16.3. The van der Waals surface area contributed by atoms with E-state index in [1.165, 1.54) is 0 Å². The standard InChI is InChI=1S/C16H11ClN2O4/c1-7-3-4-10-9(5-7)15-12(16(20)22-10)13-14(23-15)8(2)19(21)11(6-17)18-13/h3-5H,6H2,1-2H3. The summed E-state index contributed by atoms with van der Waals surface area (Å²) in [4.78, 5) is 16.6. The van der Waals surface area contributed by atoms with Gasteiger partial charge in [-0.2, -0.15) is 0 Å². The van der Waals surface area contributed by atoms with Gasteiger partial charge in [-0.3, -0.25) is 0 Å². The van der Waals surface area contributed by atoms with Gasteiger partial charge < -0.3 is 14.0 Å². The van der Waals surface area contributed by atoms with Gasteiger partial charge in [0.1, 0.15) is 11.5 Å². The molecule has 7 heteroatoms. The molecule has 0 saturated carbocycles. The van der Waals surface area contributed by atoms with E-state index in [0.717, 1.165) is 5.56 Å². The molecule has 3 heterocycles. The van der Waals surface area contributed by atoms with Crippen LogP contribution in [0, 0.1) is 19.1 Å². The molecule has 0 aliphatic rings. The number of rotatable bonds is 1. The van der Waals surface area contributed by atoms with Crippen LogP contribution in [0.1, 0.15) is 17.1 Å². The van der Waals surface area contributed by atoms with Crippen LogP contribution < -0.4 is 10.4 Å². The molecule has 0 saturated heterocycles. The van der Waals surface area contributed by atoms with E-state index in [1.807, 2.05) is 19.1 Å². The quantitative estimate of drug-likeness (QED) is 0.232. The van der Waals surface area contributed by atoms with Crippen LogP contribution in [0.4, 0.5) is 0 Å². The number of alkyl halides is 1. The molecule has 0 spiro atoms. The van der Waals surface area contributed by atoms with Crippen molar-refractivity contribution in [1.82, 2.24) is 4.98 Å². The Morgan fingerprint density at radius 2 is 2.04 bits per heavy atom. The van der Waals surface area contributed by atoms with Crippen molar-refractivity contribution >= 4 is 44.6 Å². The van der Waals surface area contributed by atoms with Gasteiger partial charge in [0.05, 0.1) is 5.39 Å². The van der Waals surface area contributed by atoms with Gasteiger partial charge in [-0.25, -0.2) is 9.52 Å². The Bertz CT molecular complexity index is 1160. The van der Waals surface area contributed by atoms with Gasteiger partial charge in [0, 0.05) is 6.92 Å². The Labute approximate surface area is 134 Å². The summed E-state index contributed by atoms with van der Waals surface area (Å²) in [7, 11) is 0. The van der Waals surface area contributed by atoms with Crippen molar-refractivity contribution in [2.75, 3.05) is 0 Å². The normalized spacial score (nSPS) is 11.8. The second kappa shape index (κ2) is 4.70. The van der Waals surface area contributed by atoms with Crippen LogP contribution in [0.2, 0.25) is 0 Å². The summed E-state index contributed by atoms with van der Waals surface area (Å²) in [6.07, 6.45) is 0. The third-order valence-electron chi connectivity index (χ3n) is 3.90. The van der Waals surface area contributed by atoms with Crippen LogP contribution >= 0.6 is 11.6 Å². The number of fused-ring (bicyclic) bond motifs is 5. The number of furan rings is 1. The molecule has 116 valence electrons. The van der Waals surface area contributed by atoms with E-state index in [9.17, 15) is 10.0 Å². The molecule has 0 aliphatic carbocycles. The van der Waals surface area contributed by atoms with Gasteiger partial charge in [0.2, 0.25) is 11.1 Å². The maximum Gasteiger partial charge on any atom is 0.352 e. The molecular formula is C16H11ClN2O4. The smallest absolute Gasteiger partial charge is 0.352 e. The fraction of sp³-hybridized carbons (Fsp3) is 0.188. The van der Waals surface area contributed by atoms with Gasteiger partial charge in [0.25, 0.3) is 0 Å². The molecule has 0 N–H and O–H groups in total. The Morgan fingerprint density at radius 1 is 1.26 bits per heavy atom. The number of hydrogen-bond donors (Lipinski definition) is 0. The fourth-order valence-corrected chi connectivity index (χ4v) is 2.93. The molecule has 6 nitrogen and oxygen atoms in total. The summed E-state index contributed by atoms with van der Waals surface area (Å²) in [6, 6.07) is 5.43. The van der Waals surface area contributed by atoms with Gasteiger partial charge in [0.15, 0.2) is 16.7 Å². The second-order valence-electron chi connectivity index (χ2n) is 5.41. The molecule has 1 aromatic carbocycles. The van der Waals surface area contributed by atoms with Crippen LogP contribution in [0.15, 0.2) is 31.8 Å². The van der Waals surface area contributed by atoms with Crippen molar-refractivity contribution in [3.8, 4) is 0 Å². The van der Waals surface area contributed by atoms with E-state index in [0.29, 0.717) is 32.5 Å². The summed E-state index contributed by atoms with van der Waals surface area (Å²) >= 11 is 5.76. The van der Waals surface area contributed by atoms with Gasteiger partial charge in [-0.05, 0) is 24.0 Å². The highest BCUT2D eigenvalue weighted by Crippen LogP contribution is 2.31. The summed E-state index contributed by atoms with van der Waals surface area (Å²) < 4.78 is 11.8. The first-order valence-corrected chi connectivity index (χ1v) is 7.49. The first-order valence-electron chi connectivity index (χ1n) is 6.96. The molecule has 0 aliphatic heterocycles. The lowest BCUT2D eigenvalue weighted by Crippen LogP contribution is -2.36. The van der Waals surface area contributed by atoms with E-state index in [2.05, 4.69) is 4.98 Å². The third-order valence-corrected chi connectivity index (χ3v) is 4.14. The van der Waals surface area contributed by atoms with Crippen LogP contribution in [-0.2, 0) is 5.88 Å². The minimum Gasteiger partial charge on any atom is -0.710 e. The number of aromatic nitrogens is 2. The molecule has 0 amide bonds. The highest BCUT2D eigenvalue weighted by atomic mass is 35.5. The van der Waals surface area contributed by atoms with E-state index >= 15 is 0 Å². The zero-order valence-corrected chi connectivity index (χ0v) is 13.1. The predicted octanol–water partition coefficient (Wildman–Crippen LogP) is 3.08. The molecule has 0 atom stereocenters. The summed E-state index contributed by atoms with van der Waals surface area (Å²) in [5.41, 5.74) is 2.13. The van der Waals surface area contributed by atoms with Gasteiger partial charge >= 0.3 is 11.4 Å². The van der Waals surface area contributed by atoms with Crippen molar-refractivity contribution in [3.05, 3.63) is 50.9 Å². The third kappa shape index (κ3) is 1.85. The predicted molar refractivity (Wildman–Crippen MR) is 85.5 cm³/mol. The minimum absolute atomic E-state index is 0.0645. The maximum absolute atomic E-state index is 12.4. The highest BCUT2D eigenvalue weighted by molar-refractivity contribution is 6.17. The molecule has 0 fully saturated rings. The van der Waals surface area contributed by atoms with Crippen molar-refractivity contribution in [2.24, 2.45) is 0 Å². The number of hydrogen-bond acceptors (Lipinski definition) is 5. The van der Waals surface area contributed by atoms with Crippen molar-refractivity contribution in [2.45, 2.75) is 19.7 Å². The first kappa shape index (κ1) is 14.0. The summed E-state index contributed by atoms with van der Waals surface area (Å²) in [6.45, 7) is 3.53. The van der Waals surface area contributed by atoms with E-state index in [-0.39, 0.29) is 22.7 Å². The zero-order valence-electron chi connectivity index (χ0n) is 12.3. The monoisotopic (exact) mass is 330 g/mol. The van der Waals surface area contributed by atoms with Gasteiger partial charge in [-0.15, -0.1) is 11.6 Å². The average Bonchev–Trinajstić information content (AvgIpc) is 2.92. The Morgan fingerprint density at radius 3 is 2.78 bits per heavy atom. The Balaban J connectivity index is 2.32. The van der Waals surface area contributed by atoms with Crippen LogP contribution in [-0.4, -0.2) is 4.98 Å². The number of halogens is 1. The lowest BCUT2D eigenvalue weighted by Gasteiger charge is -2.06. The molecule has 3 aromatic heterocycles. The number of aryl methyl sites for hydroxylation is 2. The lowest BCUT2D eigenvalue weighted by atomic mass is 10.1. The SMILES string of the molecule is Cc1ccc2oc(=O)c3c4nc(CCl)[n+]([O-])c(C)c4oc3c2c1. The lowest BCUT2D eigenvalue weighted by molar-refractivity contribution is -0.621. The van der Waals surface area contributed by atoms with Crippen molar-refractivity contribution in [1.29, 1.82) is 0 Å². The van der Waals surface area contributed by atoms with E-state index < -0.39 is 5.63 Å².